The van der Waals surface area contributed by atoms with Crippen molar-refractivity contribution in [2.24, 2.45) is 17.8 Å². The summed E-state index contributed by atoms with van der Waals surface area (Å²) in [4.78, 5) is 0. The van der Waals surface area contributed by atoms with Gasteiger partial charge in [0.05, 0.1) is 6.10 Å². The fourth-order valence-corrected chi connectivity index (χ4v) is 3.96. The van der Waals surface area contributed by atoms with Crippen LogP contribution in [0.5, 0.6) is 0 Å². The molecule has 2 N–H and O–H groups in total. The smallest absolute Gasteiger partial charge is 0.0693 e. The molecule has 0 aromatic heterocycles. The van der Waals surface area contributed by atoms with E-state index >= 15 is 0 Å². The summed E-state index contributed by atoms with van der Waals surface area (Å²) in [5.74, 6) is 2.53. The van der Waals surface area contributed by atoms with E-state index < -0.39 is 0 Å². The highest BCUT2D eigenvalue weighted by atomic mass is 16.3. The van der Waals surface area contributed by atoms with Gasteiger partial charge in [0, 0.05) is 6.04 Å². The molecule has 0 aliphatic heterocycles. The molecule has 0 aromatic carbocycles. The Hall–Kier alpha value is -0.340. The predicted octanol–water partition coefficient (Wildman–Crippen LogP) is 2.48. The van der Waals surface area contributed by atoms with Crippen LogP contribution in [0.4, 0.5) is 0 Å². The molecule has 0 saturated heterocycles. The van der Waals surface area contributed by atoms with Gasteiger partial charge < -0.3 is 10.4 Å². The summed E-state index contributed by atoms with van der Waals surface area (Å²) < 4.78 is 0. The molecule has 0 amide bonds. The second kappa shape index (κ2) is 5.11. The maximum atomic E-state index is 10.1. The van der Waals surface area contributed by atoms with E-state index in [1.807, 2.05) is 0 Å². The Labute approximate surface area is 104 Å². The molecule has 2 fully saturated rings. The van der Waals surface area contributed by atoms with E-state index in [4.69, 9.17) is 0 Å². The first-order valence-electron chi connectivity index (χ1n) is 7.42. The summed E-state index contributed by atoms with van der Waals surface area (Å²) in [6, 6.07) is 0.362. The summed E-state index contributed by atoms with van der Waals surface area (Å²) in [7, 11) is 0. The maximum Gasteiger partial charge on any atom is 0.0693 e. The average molecular weight is 235 g/mol. The largest absolute Gasteiger partial charge is 0.392 e. The van der Waals surface area contributed by atoms with Gasteiger partial charge >= 0.3 is 0 Å². The van der Waals surface area contributed by atoms with E-state index in [-0.39, 0.29) is 6.10 Å². The molecule has 0 heterocycles. The molecule has 96 valence electrons. The highest BCUT2D eigenvalue weighted by Crippen LogP contribution is 2.43. The van der Waals surface area contributed by atoms with Crippen molar-refractivity contribution < 1.29 is 5.11 Å². The minimum atomic E-state index is -0.105. The Bertz CT molecular complexity index is 289. The molecule has 3 aliphatic rings. The van der Waals surface area contributed by atoms with Crippen molar-refractivity contribution in [2.45, 2.75) is 57.1 Å². The average Bonchev–Trinajstić information content (AvgIpc) is 2.88. The second-order valence-electron chi connectivity index (χ2n) is 6.26. The normalized spacial score (nSPS) is 45.1. The van der Waals surface area contributed by atoms with Gasteiger partial charge in [0.15, 0.2) is 0 Å². The first-order valence-corrected chi connectivity index (χ1v) is 7.42. The lowest BCUT2D eigenvalue weighted by Gasteiger charge is -2.26. The van der Waals surface area contributed by atoms with E-state index in [0.29, 0.717) is 6.04 Å². The zero-order valence-electron chi connectivity index (χ0n) is 10.6. The van der Waals surface area contributed by atoms with Crippen molar-refractivity contribution in [3.63, 3.8) is 0 Å². The van der Waals surface area contributed by atoms with Crippen LogP contribution in [0.25, 0.3) is 0 Å². The minimum absolute atomic E-state index is 0.105. The van der Waals surface area contributed by atoms with Gasteiger partial charge in [-0.05, 0) is 50.0 Å². The van der Waals surface area contributed by atoms with Crippen LogP contribution in [0.15, 0.2) is 12.2 Å². The highest BCUT2D eigenvalue weighted by Gasteiger charge is 2.35. The number of aliphatic hydroxyl groups excluding tert-OH is 1. The quantitative estimate of drug-likeness (QED) is 0.582. The molecule has 17 heavy (non-hydrogen) atoms. The maximum absolute atomic E-state index is 10.1. The minimum Gasteiger partial charge on any atom is -0.392 e. The molecular formula is C15H25NO. The van der Waals surface area contributed by atoms with Crippen LogP contribution in [0.2, 0.25) is 0 Å². The lowest BCUT2D eigenvalue weighted by atomic mass is 9.93. The molecule has 2 bridgehead atoms. The third kappa shape index (κ3) is 2.58. The Balaban J connectivity index is 1.48. The number of nitrogens with one attached hydrogen (secondary N) is 1. The van der Waals surface area contributed by atoms with E-state index in [1.165, 1.54) is 32.1 Å². The molecular weight excluding hydrogens is 210 g/mol. The van der Waals surface area contributed by atoms with E-state index in [9.17, 15) is 5.11 Å². The Morgan fingerprint density at radius 3 is 2.71 bits per heavy atom. The first kappa shape index (κ1) is 11.7. The molecule has 2 heteroatoms. The van der Waals surface area contributed by atoms with Gasteiger partial charge in [0.1, 0.15) is 0 Å². The van der Waals surface area contributed by atoms with Crippen molar-refractivity contribution in [3.05, 3.63) is 12.2 Å². The summed E-state index contributed by atoms with van der Waals surface area (Å²) >= 11 is 0. The van der Waals surface area contributed by atoms with Crippen LogP contribution < -0.4 is 5.32 Å². The van der Waals surface area contributed by atoms with Crippen LogP contribution in [0.1, 0.15) is 44.9 Å². The van der Waals surface area contributed by atoms with Gasteiger partial charge in [-0.15, -0.1) is 0 Å². The molecule has 2 nitrogen and oxygen atoms in total. The van der Waals surface area contributed by atoms with Gasteiger partial charge in [-0.2, -0.15) is 0 Å². The van der Waals surface area contributed by atoms with Crippen LogP contribution in [0.3, 0.4) is 0 Å². The van der Waals surface area contributed by atoms with Crippen LogP contribution in [-0.2, 0) is 0 Å². The Morgan fingerprint density at radius 2 is 1.94 bits per heavy atom. The van der Waals surface area contributed by atoms with Crippen molar-refractivity contribution >= 4 is 0 Å². The molecule has 0 spiro atoms. The SMILES string of the molecule is OC1CCCCCC1NCC1CC2C=CC1C2. The monoisotopic (exact) mass is 235 g/mol. The van der Waals surface area contributed by atoms with E-state index in [0.717, 1.165) is 37.1 Å². The van der Waals surface area contributed by atoms with Crippen molar-refractivity contribution in [3.8, 4) is 0 Å². The highest BCUT2D eigenvalue weighted by molar-refractivity contribution is 5.10. The summed E-state index contributed by atoms with van der Waals surface area (Å²) in [6.07, 6.45) is 13.4. The Morgan fingerprint density at radius 1 is 1.06 bits per heavy atom. The molecule has 3 rings (SSSR count). The molecule has 0 radical (unpaired) electrons. The second-order valence-corrected chi connectivity index (χ2v) is 6.26. The number of rotatable bonds is 3. The number of fused-ring (bicyclic) bond motifs is 2. The number of hydrogen-bond donors (Lipinski definition) is 2. The molecule has 5 atom stereocenters. The summed E-state index contributed by atoms with van der Waals surface area (Å²) in [5, 5.41) is 13.7. The number of hydrogen-bond acceptors (Lipinski definition) is 2. The zero-order valence-corrected chi connectivity index (χ0v) is 10.6. The van der Waals surface area contributed by atoms with E-state index in [2.05, 4.69) is 17.5 Å². The predicted molar refractivity (Wildman–Crippen MR) is 69.7 cm³/mol. The van der Waals surface area contributed by atoms with Gasteiger partial charge in [-0.3, -0.25) is 0 Å². The van der Waals surface area contributed by atoms with Crippen molar-refractivity contribution in [2.75, 3.05) is 6.54 Å². The van der Waals surface area contributed by atoms with E-state index in [1.54, 1.807) is 0 Å². The number of aliphatic hydroxyl groups is 1. The van der Waals surface area contributed by atoms with Crippen LogP contribution in [-0.4, -0.2) is 23.8 Å². The topological polar surface area (TPSA) is 32.3 Å². The molecule has 3 aliphatic carbocycles. The van der Waals surface area contributed by atoms with Crippen LogP contribution in [0, 0.1) is 17.8 Å². The standard InChI is InChI=1S/C15H25NO/c17-15-5-3-1-2-4-14(15)16-10-13-9-11-6-7-12(13)8-11/h6-7,11-17H,1-5,8-10H2. The van der Waals surface area contributed by atoms with Gasteiger partial charge in [-0.1, -0.05) is 31.4 Å². The number of allylic oxidation sites excluding steroid dienone is 2. The zero-order chi connectivity index (χ0) is 11.7. The Kier molecular flexibility index (Phi) is 3.53. The van der Waals surface area contributed by atoms with Gasteiger partial charge in [-0.25, -0.2) is 0 Å². The molecule has 5 unspecified atom stereocenters. The summed E-state index contributed by atoms with van der Waals surface area (Å²) in [5.41, 5.74) is 0. The van der Waals surface area contributed by atoms with Crippen LogP contribution >= 0.6 is 0 Å². The molecule has 0 aromatic rings. The fourth-order valence-electron chi connectivity index (χ4n) is 3.96. The lowest BCUT2D eigenvalue weighted by Crippen LogP contribution is -2.42. The van der Waals surface area contributed by atoms with Crippen molar-refractivity contribution in [1.82, 2.24) is 5.32 Å². The van der Waals surface area contributed by atoms with Gasteiger partial charge in [0.25, 0.3) is 0 Å². The fraction of sp³-hybridized carbons (Fsp3) is 0.867. The summed E-state index contributed by atoms with van der Waals surface area (Å²) in [6.45, 7) is 1.12. The van der Waals surface area contributed by atoms with Gasteiger partial charge in [0.2, 0.25) is 0 Å². The third-order valence-corrected chi connectivity index (χ3v) is 5.04. The lowest BCUT2D eigenvalue weighted by molar-refractivity contribution is 0.117. The molecule has 2 saturated carbocycles. The first-order chi connectivity index (χ1) is 8.33. The van der Waals surface area contributed by atoms with Crippen molar-refractivity contribution in [1.29, 1.82) is 0 Å². The third-order valence-electron chi connectivity index (χ3n) is 5.04.